The van der Waals surface area contributed by atoms with Gasteiger partial charge in [0.25, 0.3) is 0 Å². The Bertz CT molecular complexity index is 422. The van der Waals surface area contributed by atoms with Crippen LogP contribution in [0.25, 0.3) is 0 Å². The van der Waals surface area contributed by atoms with E-state index in [2.05, 4.69) is 0 Å². The topological polar surface area (TPSA) is 77.9 Å². The van der Waals surface area contributed by atoms with Crippen LogP contribution in [0, 0.1) is 0 Å². The molecule has 1 rings (SSSR count). The summed E-state index contributed by atoms with van der Waals surface area (Å²) in [4.78, 5) is 14.1. The monoisotopic (exact) mass is 306 g/mol. The van der Waals surface area contributed by atoms with Gasteiger partial charge in [-0.2, -0.15) is 4.31 Å². The number of hydrogen-bond donors (Lipinski definition) is 1. The third-order valence-corrected chi connectivity index (χ3v) is 5.63. The lowest BCUT2D eigenvalue weighted by Gasteiger charge is -2.32. The second-order valence-corrected chi connectivity index (χ2v) is 7.47. The Labute approximate surface area is 121 Å². The third kappa shape index (κ3) is 3.93. The van der Waals surface area contributed by atoms with Gasteiger partial charge in [0.1, 0.15) is 6.04 Å². The first kappa shape index (κ1) is 17.4. The lowest BCUT2D eigenvalue weighted by molar-refractivity contribution is -0.136. The first-order valence-corrected chi connectivity index (χ1v) is 8.87. The van der Waals surface area contributed by atoms with Crippen LogP contribution in [0.2, 0.25) is 0 Å². The predicted octanol–water partition coefficient (Wildman–Crippen LogP) is 0.420. The van der Waals surface area contributed by atoms with Crippen LogP contribution in [-0.4, -0.2) is 66.2 Å². The molecular formula is C13H26N2O4S. The van der Waals surface area contributed by atoms with Crippen molar-refractivity contribution in [3.05, 3.63) is 0 Å². The van der Waals surface area contributed by atoms with Crippen molar-refractivity contribution in [1.82, 2.24) is 9.21 Å². The zero-order valence-corrected chi connectivity index (χ0v) is 13.4. The van der Waals surface area contributed by atoms with Crippen molar-refractivity contribution in [1.29, 1.82) is 0 Å². The average Bonchev–Trinajstić information content (AvgIpc) is 2.84. The van der Waals surface area contributed by atoms with Gasteiger partial charge >= 0.3 is 0 Å². The lowest BCUT2D eigenvalue weighted by Crippen LogP contribution is -2.51. The Hall–Kier alpha value is -0.660. The van der Waals surface area contributed by atoms with Crippen LogP contribution in [0.15, 0.2) is 0 Å². The Morgan fingerprint density at radius 1 is 1.45 bits per heavy atom. The van der Waals surface area contributed by atoms with Crippen molar-refractivity contribution >= 4 is 15.9 Å². The summed E-state index contributed by atoms with van der Waals surface area (Å²) in [6.45, 7) is 6.11. The number of amides is 1. The van der Waals surface area contributed by atoms with Crippen LogP contribution >= 0.6 is 0 Å². The van der Waals surface area contributed by atoms with Crippen LogP contribution < -0.4 is 0 Å². The summed E-state index contributed by atoms with van der Waals surface area (Å²) in [5.74, 6) is -0.107. The number of sulfonamides is 1. The van der Waals surface area contributed by atoms with Gasteiger partial charge in [-0.25, -0.2) is 8.42 Å². The Kier molecular flexibility index (Phi) is 6.42. The van der Waals surface area contributed by atoms with E-state index in [0.29, 0.717) is 25.8 Å². The molecule has 1 atom stereocenters. The fourth-order valence-corrected chi connectivity index (χ4v) is 4.36. The Morgan fingerprint density at radius 3 is 2.60 bits per heavy atom. The van der Waals surface area contributed by atoms with Crippen molar-refractivity contribution in [3.63, 3.8) is 0 Å². The van der Waals surface area contributed by atoms with Gasteiger partial charge in [-0.1, -0.05) is 6.92 Å². The maximum Gasteiger partial charge on any atom is 0.241 e. The molecule has 0 aliphatic carbocycles. The molecule has 0 radical (unpaired) electrons. The molecule has 1 fully saturated rings. The molecule has 1 heterocycles. The highest BCUT2D eigenvalue weighted by molar-refractivity contribution is 7.89. The number of aliphatic hydroxyl groups is 1. The zero-order valence-electron chi connectivity index (χ0n) is 12.6. The van der Waals surface area contributed by atoms with Gasteiger partial charge in [-0.05, 0) is 33.1 Å². The molecule has 1 amide bonds. The van der Waals surface area contributed by atoms with E-state index in [1.807, 2.05) is 20.8 Å². The van der Waals surface area contributed by atoms with Crippen LogP contribution in [-0.2, 0) is 14.8 Å². The molecule has 118 valence electrons. The summed E-state index contributed by atoms with van der Waals surface area (Å²) in [5, 5.41) is 9.06. The molecule has 0 spiro atoms. The highest BCUT2D eigenvalue weighted by Crippen LogP contribution is 2.24. The third-order valence-electron chi connectivity index (χ3n) is 3.56. The van der Waals surface area contributed by atoms with E-state index >= 15 is 0 Å². The van der Waals surface area contributed by atoms with E-state index in [1.165, 1.54) is 4.31 Å². The summed E-state index contributed by atoms with van der Waals surface area (Å²) in [5.41, 5.74) is 0. The number of aliphatic hydroxyl groups excluding tert-OH is 1. The van der Waals surface area contributed by atoms with Gasteiger partial charge in [0, 0.05) is 19.1 Å². The van der Waals surface area contributed by atoms with Crippen molar-refractivity contribution < 1.29 is 18.3 Å². The minimum absolute atomic E-state index is 0.0500. The molecule has 0 saturated carbocycles. The molecule has 0 aromatic heterocycles. The number of carbonyl (C=O) groups is 1. The maximum atomic E-state index is 12.5. The van der Waals surface area contributed by atoms with E-state index in [0.717, 1.165) is 0 Å². The van der Waals surface area contributed by atoms with Crippen LogP contribution in [0.4, 0.5) is 0 Å². The van der Waals surface area contributed by atoms with Gasteiger partial charge in [0.2, 0.25) is 15.9 Å². The standard InChI is InChI=1S/C13H26N2O4S/c1-4-10-20(18,19)15-7-5-6-12(15)13(17)14(8-9-16)11(2)3/h11-12,16H,4-10H2,1-3H3. The normalized spacial score (nSPS) is 20.6. The van der Waals surface area contributed by atoms with Gasteiger partial charge in [-0.15, -0.1) is 0 Å². The molecule has 0 aromatic carbocycles. The summed E-state index contributed by atoms with van der Waals surface area (Å²) >= 11 is 0. The van der Waals surface area contributed by atoms with Crippen molar-refractivity contribution in [2.24, 2.45) is 0 Å². The SMILES string of the molecule is CCCS(=O)(=O)N1CCCC1C(=O)N(CCO)C(C)C. The minimum atomic E-state index is -3.36. The Morgan fingerprint density at radius 2 is 2.10 bits per heavy atom. The van der Waals surface area contributed by atoms with E-state index < -0.39 is 16.1 Å². The van der Waals surface area contributed by atoms with E-state index in [1.54, 1.807) is 4.90 Å². The second kappa shape index (κ2) is 7.38. The van der Waals surface area contributed by atoms with E-state index in [4.69, 9.17) is 5.11 Å². The highest BCUT2D eigenvalue weighted by atomic mass is 32.2. The first-order chi connectivity index (χ1) is 9.35. The van der Waals surface area contributed by atoms with Crippen LogP contribution in [0.5, 0.6) is 0 Å². The van der Waals surface area contributed by atoms with Crippen LogP contribution in [0.1, 0.15) is 40.0 Å². The molecule has 0 bridgehead atoms. The largest absolute Gasteiger partial charge is 0.395 e. The molecule has 6 nitrogen and oxygen atoms in total. The first-order valence-electron chi connectivity index (χ1n) is 7.26. The quantitative estimate of drug-likeness (QED) is 0.739. The fourth-order valence-electron chi connectivity index (χ4n) is 2.62. The molecule has 0 aromatic rings. The van der Waals surface area contributed by atoms with Gasteiger partial charge < -0.3 is 10.0 Å². The number of rotatable bonds is 7. The molecule has 1 aliphatic rings. The molecule has 20 heavy (non-hydrogen) atoms. The van der Waals surface area contributed by atoms with Crippen molar-refractivity contribution in [3.8, 4) is 0 Å². The summed E-state index contributed by atoms with van der Waals surface area (Å²) < 4.78 is 25.8. The van der Waals surface area contributed by atoms with Crippen LogP contribution in [0.3, 0.4) is 0 Å². The number of nitrogens with zero attached hydrogens (tertiary/aromatic N) is 2. The van der Waals surface area contributed by atoms with Crippen molar-refractivity contribution in [2.45, 2.75) is 52.1 Å². The molecule has 1 aliphatic heterocycles. The van der Waals surface area contributed by atoms with Crippen molar-refractivity contribution in [2.75, 3.05) is 25.4 Å². The van der Waals surface area contributed by atoms with Gasteiger partial charge in [-0.3, -0.25) is 4.79 Å². The summed E-state index contributed by atoms with van der Waals surface area (Å²) in [7, 11) is -3.36. The Balaban J connectivity index is 2.90. The average molecular weight is 306 g/mol. The lowest BCUT2D eigenvalue weighted by atomic mass is 10.2. The predicted molar refractivity (Wildman–Crippen MR) is 77.7 cm³/mol. The number of carbonyl (C=O) groups excluding carboxylic acids is 1. The summed E-state index contributed by atoms with van der Waals surface area (Å²) in [6, 6.07) is -0.647. The fraction of sp³-hybridized carbons (Fsp3) is 0.923. The molecule has 1 N–H and O–H groups in total. The zero-order chi connectivity index (χ0) is 15.3. The number of hydrogen-bond acceptors (Lipinski definition) is 4. The molecule has 7 heteroatoms. The van der Waals surface area contributed by atoms with E-state index in [-0.39, 0.29) is 30.9 Å². The molecule has 1 saturated heterocycles. The second-order valence-electron chi connectivity index (χ2n) is 5.43. The molecular weight excluding hydrogens is 280 g/mol. The molecule has 1 unspecified atom stereocenters. The summed E-state index contributed by atoms with van der Waals surface area (Å²) in [6.07, 6.45) is 1.82. The minimum Gasteiger partial charge on any atom is -0.395 e. The van der Waals surface area contributed by atoms with Gasteiger partial charge in [0.05, 0.1) is 12.4 Å². The van der Waals surface area contributed by atoms with Gasteiger partial charge in [0.15, 0.2) is 0 Å². The van der Waals surface area contributed by atoms with E-state index in [9.17, 15) is 13.2 Å². The smallest absolute Gasteiger partial charge is 0.241 e. The maximum absolute atomic E-state index is 12.5. The highest BCUT2D eigenvalue weighted by Gasteiger charge is 2.40.